The molecule has 0 unspecified atom stereocenters. The number of hydrogen-bond acceptors (Lipinski definition) is 6. The Morgan fingerprint density at radius 1 is 0.933 bits per heavy atom. The van der Waals surface area contributed by atoms with Gasteiger partial charge in [0, 0.05) is 23.8 Å². The van der Waals surface area contributed by atoms with Crippen molar-refractivity contribution in [3.05, 3.63) is 46.1 Å². The molecule has 6 nitrogen and oxygen atoms in total. The molecule has 3 N–H and O–H groups in total. The molecule has 0 atom stereocenters. The number of methoxy groups -OCH3 is 1. The summed E-state index contributed by atoms with van der Waals surface area (Å²) in [5.74, 6) is 0.118. The summed E-state index contributed by atoms with van der Waals surface area (Å²) >= 11 is 0. The molecular formula is C24H28O6. The lowest BCUT2D eigenvalue weighted by Crippen LogP contribution is -2.12. The smallest absolute Gasteiger partial charge is 0.200 e. The van der Waals surface area contributed by atoms with Crippen molar-refractivity contribution in [3.8, 4) is 34.3 Å². The van der Waals surface area contributed by atoms with Gasteiger partial charge in [-0.3, -0.25) is 4.79 Å². The van der Waals surface area contributed by atoms with Crippen molar-refractivity contribution < 1.29 is 24.5 Å². The van der Waals surface area contributed by atoms with Crippen molar-refractivity contribution in [2.75, 3.05) is 7.11 Å². The third kappa shape index (κ3) is 4.53. The maximum Gasteiger partial charge on any atom is 0.200 e. The molecule has 2 aromatic carbocycles. The highest BCUT2D eigenvalue weighted by Crippen LogP contribution is 2.37. The van der Waals surface area contributed by atoms with Crippen LogP contribution in [0.3, 0.4) is 0 Å². The Morgan fingerprint density at radius 2 is 1.67 bits per heavy atom. The molecule has 0 aliphatic heterocycles. The van der Waals surface area contributed by atoms with Crippen molar-refractivity contribution in [1.29, 1.82) is 0 Å². The molecule has 30 heavy (non-hydrogen) atoms. The van der Waals surface area contributed by atoms with Gasteiger partial charge in [0.1, 0.15) is 39.7 Å². The van der Waals surface area contributed by atoms with Crippen LogP contribution >= 0.6 is 0 Å². The molecule has 0 spiro atoms. The molecule has 0 bridgehead atoms. The van der Waals surface area contributed by atoms with Crippen LogP contribution < -0.4 is 10.2 Å². The molecule has 0 saturated carbocycles. The Balaban J connectivity index is 2.09. The largest absolute Gasteiger partial charge is 0.508 e. The first-order valence-electron chi connectivity index (χ1n) is 10.3. The average Bonchev–Trinajstić information content (AvgIpc) is 2.71. The number of fused-ring (bicyclic) bond motifs is 1. The summed E-state index contributed by atoms with van der Waals surface area (Å²) in [4.78, 5) is 13.3. The summed E-state index contributed by atoms with van der Waals surface area (Å²) in [5.41, 5.74) is 0.563. The Hall–Kier alpha value is -3.15. The maximum atomic E-state index is 13.3. The van der Waals surface area contributed by atoms with Gasteiger partial charge in [0.15, 0.2) is 5.43 Å². The summed E-state index contributed by atoms with van der Waals surface area (Å²) in [6, 6.07) is 7.06. The number of aromatic hydroxyl groups is 3. The van der Waals surface area contributed by atoms with Gasteiger partial charge in [-0.25, -0.2) is 0 Å². The molecule has 160 valence electrons. The second kappa shape index (κ2) is 9.57. The fraction of sp³-hybridized carbons (Fsp3) is 0.375. The number of ether oxygens (including phenoxy) is 1. The van der Waals surface area contributed by atoms with Crippen LogP contribution in [0.1, 0.15) is 51.0 Å². The first-order valence-corrected chi connectivity index (χ1v) is 10.3. The maximum absolute atomic E-state index is 13.3. The summed E-state index contributed by atoms with van der Waals surface area (Å²) in [6.45, 7) is 2.16. The molecule has 0 aliphatic rings. The number of phenols is 3. The molecule has 3 rings (SSSR count). The summed E-state index contributed by atoms with van der Waals surface area (Å²) in [5, 5.41) is 30.5. The van der Waals surface area contributed by atoms with Crippen LogP contribution in [0.2, 0.25) is 0 Å². The molecule has 1 heterocycles. The Bertz CT molecular complexity index is 1080. The van der Waals surface area contributed by atoms with E-state index < -0.39 is 0 Å². The van der Waals surface area contributed by atoms with E-state index in [9.17, 15) is 20.1 Å². The van der Waals surface area contributed by atoms with E-state index in [1.54, 1.807) is 0 Å². The minimum absolute atomic E-state index is 0.0869. The zero-order valence-corrected chi connectivity index (χ0v) is 17.4. The lowest BCUT2D eigenvalue weighted by atomic mass is 9.98. The Kier molecular flexibility index (Phi) is 6.87. The average molecular weight is 412 g/mol. The van der Waals surface area contributed by atoms with Crippen LogP contribution in [0.4, 0.5) is 0 Å². The van der Waals surface area contributed by atoms with Crippen molar-refractivity contribution in [2.24, 2.45) is 0 Å². The van der Waals surface area contributed by atoms with Gasteiger partial charge in [0.25, 0.3) is 0 Å². The van der Waals surface area contributed by atoms with Gasteiger partial charge in [0.05, 0.1) is 12.7 Å². The van der Waals surface area contributed by atoms with Crippen LogP contribution in [0.5, 0.6) is 23.0 Å². The molecular weight excluding hydrogens is 384 g/mol. The summed E-state index contributed by atoms with van der Waals surface area (Å²) < 4.78 is 11.2. The van der Waals surface area contributed by atoms with Gasteiger partial charge in [-0.2, -0.15) is 0 Å². The van der Waals surface area contributed by atoms with Gasteiger partial charge in [-0.05, 0) is 25.0 Å². The van der Waals surface area contributed by atoms with Crippen molar-refractivity contribution in [2.45, 2.75) is 51.9 Å². The molecule has 0 aliphatic carbocycles. The number of phenolic OH excluding ortho intramolecular Hbond substituents is 3. The highest BCUT2D eigenvalue weighted by Gasteiger charge is 2.21. The van der Waals surface area contributed by atoms with E-state index in [1.165, 1.54) is 50.3 Å². The molecule has 3 aromatic rings. The number of rotatable bonds is 9. The van der Waals surface area contributed by atoms with E-state index in [-0.39, 0.29) is 39.4 Å². The second-order valence-electron chi connectivity index (χ2n) is 7.48. The first kappa shape index (κ1) is 21.6. The third-order valence-corrected chi connectivity index (χ3v) is 5.28. The summed E-state index contributed by atoms with van der Waals surface area (Å²) in [6.07, 6.45) is 6.85. The van der Waals surface area contributed by atoms with E-state index in [0.29, 0.717) is 23.3 Å². The monoisotopic (exact) mass is 412 g/mol. The van der Waals surface area contributed by atoms with Crippen molar-refractivity contribution >= 4 is 11.0 Å². The first-order chi connectivity index (χ1) is 14.5. The van der Waals surface area contributed by atoms with Crippen LogP contribution in [0.25, 0.3) is 22.3 Å². The van der Waals surface area contributed by atoms with Gasteiger partial charge >= 0.3 is 0 Å². The quantitative estimate of drug-likeness (QED) is 0.402. The lowest BCUT2D eigenvalue weighted by molar-refractivity contribution is 0.408. The van der Waals surface area contributed by atoms with Gasteiger partial charge < -0.3 is 24.5 Å². The highest BCUT2D eigenvalue weighted by atomic mass is 16.5. The zero-order valence-electron chi connectivity index (χ0n) is 17.4. The van der Waals surface area contributed by atoms with E-state index in [4.69, 9.17) is 9.15 Å². The molecule has 0 amide bonds. The lowest BCUT2D eigenvalue weighted by Gasteiger charge is -2.13. The normalized spacial score (nSPS) is 11.1. The predicted octanol–water partition coefficient (Wildman–Crippen LogP) is 5.49. The van der Waals surface area contributed by atoms with Gasteiger partial charge in [-0.1, -0.05) is 39.0 Å². The van der Waals surface area contributed by atoms with Crippen LogP contribution in [-0.4, -0.2) is 22.4 Å². The molecule has 0 saturated heterocycles. The van der Waals surface area contributed by atoms with Crippen LogP contribution in [-0.2, 0) is 6.42 Å². The van der Waals surface area contributed by atoms with E-state index >= 15 is 0 Å². The SMILES string of the molecule is CCCCCCCCc1c(-c2ccc(O)cc2O)oc2cc(OC)cc(O)c2c1=O. The number of unbranched alkanes of at least 4 members (excludes halogenated alkanes) is 5. The Morgan fingerprint density at radius 3 is 2.37 bits per heavy atom. The van der Waals surface area contributed by atoms with E-state index in [0.717, 1.165) is 25.7 Å². The third-order valence-electron chi connectivity index (χ3n) is 5.28. The summed E-state index contributed by atoms with van der Waals surface area (Å²) in [7, 11) is 1.46. The molecule has 0 fully saturated rings. The standard InChI is InChI=1S/C24H28O6/c1-3-4-5-6-7-8-9-18-23(28)22-20(27)13-16(29-2)14-21(22)30-24(18)17-11-10-15(25)12-19(17)26/h10-14,25-27H,3-9H2,1-2H3. The van der Waals surface area contributed by atoms with Gasteiger partial charge in [-0.15, -0.1) is 0 Å². The predicted molar refractivity (Wildman–Crippen MR) is 117 cm³/mol. The van der Waals surface area contributed by atoms with Gasteiger partial charge in [0.2, 0.25) is 0 Å². The highest BCUT2D eigenvalue weighted by molar-refractivity contribution is 5.87. The Labute approximate surface area is 175 Å². The van der Waals surface area contributed by atoms with E-state index in [1.807, 2.05) is 0 Å². The van der Waals surface area contributed by atoms with Crippen molar-refractivity contribution in [3.63, 3.8) is 0 Å². The molecule has 1 aromatic heterocycles. The number of hydrogen-bond donors (Lipinski definition) is 3. The van der Waals surface area contributed by atoms with Crippen LogP contribution in [0, 0.1) is 0 Å². The van der Waals surface area contributed by atoms with E-state index in [2.05, 4.69) is 6.92 Å². The fourth-order valence-corrected chi connectivity index (χ4v) is 3.67. The fourth-order valence-electron chi connectivity index (χ4n) is 3.67. The zero-order chi connectivity index (χ0) is 21.7. The molecule has 0 radical (unpaired) electrons. The minimum atomic E-state index is -0.326. The second-order valence-corrected chi connectivity index (χ2v) is 7.48. The molecule has 6 heteroatoms. The van der Waals surface area contributed by atoms with Crippen LogP contribution in [0.15, 0.2) is 39.5 Å². The topological polar surface area (TPSA) is 100 Å². The minimum Gasteiger partial charge on any atom is -0.508 e. The number of benzene rings is 2. The van der Waals surface area contributed by atoms with Crippen molar-refractivity contribution in [1.82, 2.24) is 0 Å².